The molecular formula is C27H26N6O3. The maximum Gasteiger partial charge on any atom is 0.341 e. The first-order valence-corrected chi connectivity index (χ1v) is 11.6. The molecule has 2 aromatic carbocycles. The lowest BCUT2D eigenvalue weighted by Crippen LogP contribution is -2.07. The van der Waals surface area contributed by atoms with Crippen LogP contribution in [0.15, 0.2) is 61.1 Å². The number of aromatic nitrogens is 6. The van der Waals surface area contributed by atoms with Gasteiger partial charge in [-0.05, 0) is 43.0 Å². The Balaban J connectivity index is 1.43. The Bertz CT molecular complexity index is 1550. The van der Waals surface area contributed by atoms with Gasteiger partial charge in [-0.15, -0.1) is 0 Å². The molecule has 0 aliphatic heterocycles. The van der Waals surface area contributed by atoms with E-state index in [1.165, 1.54) is 39.3 Å². The van der Waals surface area contributed by atoms with Crippen LogP contribution in [0.5, 0.6) is 5.88 Å². The number of aryl methyl sites for hydroxylation is 2. The van der Waals surface area contributed by atoms with Gasteiger partial charge in [-0.25, -0.2) is 14.5 Å². The Labute approximate surface area is 208 Å². The van der Waals surface area contributed by atoms with Gasteiger partial charge in [0.05, 0.1) is 38.2 Å². The molecule has 3 aromatic heterocycles. The molecule has 182 valence electrons. The predicted octanol–water partition coefficient (Wildman–Crippen LogP) is 4.53. The van der Waals surface area contributed by atoms with Gasteiger partial charge in [-0.2, -0.15) is 15.2 Å². The third kappa shape index (κ3) is 4.43. The molecule has 3 heterocycles. The fourth-order valence-electron chi connectivity index (χ4n) is 4.17. The highest BCUT2D eigenvalue weighted by Gasteiger charge is 2.17. The van der Waals surface area contributed by atoms with E-state index in [2.05, 4.69) is 76.5 Å². The smallest absolute Gasteiger partial charge is 0.341 e. The van der Waals surface area contributed by atoms with Crippen LogP contribution in [0, 0.1) is 13.8 Å². The van der Waals surface area contributed by atoms with Gasteiger partial charge in [0.15, 0.2) is 0 Å². The van der Waals surface area contributed by atoms with Crippen molar-refractivity contribution in [3.63, 3.8) is 0 Å². The van der Waals surface area contributed by atoms with Crippen LogP contribution in [0.2, 0.25) is 0 Å². The number of hydrogen-bond acceptors (Lipinski definition) is 7. The SMILES string of the molecule is CCOC(=O)c1cnn(-c2nc(OC)c3c(cnn3Cc3ccc(-c4ccc(C)cc4C)cc3)n2)c1. The first kappa shape index (κ1) is 23.2. The summed E-state index contributed by atoms with van der Waals surface area (Å²) in [5, 5.41) is 8.73. The fraction of sp³-hybridized carbons (Fsp3) is 0.222. The molecule has 0 saturated carbocycles. The third-order valence-electron chi connectivity index (χ3n) is 5.92. The maximum atomic E-state index is 12.0. The van der Waals surface area contributed by atoms with Gasteiger partial charge in [0, 0.05) is 6.20 Å². The zero-order valence-corrected chi connectivity index (χ0v) is 20.6. The van der Waals surface area contributed by atoms with Crippen molar-refractivity contribution in [2.45, 2.75) is 27.3 Å². The Morgan fingerprint density at radius 3 is 2.53 bits per heavy atom. The summed E-state index contributed by atoms with van der Waals surface area (Å²) in [5.41, 5.74) is 7.60. The molecule has 0 aliphatic rings. The monoisotopic (exact) mass is 482 g/mol. The van der Waals surface area contributed by atoms with E-state index in [4.69, 9.17) is 9.47 Å². The van der Waals surface area contributed by atoms with Crippen molar-refractivity contribution in [3.8, 4) is 23.0 Å². The van der Waals surface area contributed by atoms with E-state index in [1.807, 2.05) is 4.68 Å². The Morgan fingerprint density at radius 1 is 1.00 bits per heavy atom. The lowest BCUT2D eigenvalue weighted by atomic mass is 9.98. The number of ether oxygens (including phenoxy) is 2. The molecule has 0 fully saturated rings. The van der Waals surface area contributed by atoms with E-state index in [0.29, 0.717) is 29.0 Å². The van der Waals surface area contributed by atoms with E-state index >= 15 is 0 Å². The Hall–Kier alpha value is -4.53. The fourth-order valence-corrected chi connectivity index (χ4v) is 4.17. The Kier molecular flexibility index (Phi) is 6.20. The van der Waals surface area contributed by atoms with Crippen molar-refractivity contribution in [3.05, 3.63) is 83.3 Å². The maximum absolute atomic E-state index is 12.0. The van der Waals surface area contributed by atoms with Crippen LogP contribution in [-0.2, 0) is 11.3 Å². The summed E-state index contributed by atoms with van der Waals surface area (Å²) in [5.74, 6) is 0.188. The number of rotatable bonds is 7. The highest BCUT2D eigenvalue weighted by Crippen LogP contribution is 2.27. The molecule has 0 bridgehead atoms. The first-order chi connectivity index (χ1) is 17.5. The summed E-state index contributed by atoms with van der Waals surface area (Å²) in [6.07, 6.45) is 4.62. The van der Waals surface area contributed by atoms with Crippen LogP contribution in [-0.4, -0.2) is 49.2 Å². The second-order valence-corrected chi connectivity index (χ2v) is 8.48. The summed E-state index contributed by atoms with van der Waals surface area (Å²) in [6, 6.07) is 15.0. The largest absolute Gasteiger partial charge is 0.479 e. The number of benzene rings is 2. The minimum Gasteiger partial charge on any atom is -0.479 e. The number of carbonyl (C=O) groups excluding carboxylic acids is 1. The molecule has 0 amide bonds. The summed E-state index contributed by atoms with van der Waals surface area (Å²) in [4.78, 5) is 21.1. The summed E-state index contributed by atoms with van der Waals surface area (Å²) in [7, 11) is 1.55. The standard InChI is InChI=1S/C27H26N6O3/c1-5-36-26(34)21-13-28-33(16-21)27-30-23-14-29-32(24(23)25(31-27)35-4)15-19-7-9-20(10-8-19)22-11-6-17(2)12-18(22)3/h6-14,16H,5,15H2,1-4H3. The molecule has 5 rings (SSSR count). The lowest BCUT2D eigenvalue weighted by Gasteiger charge is -2.10. The van der Waals surface area contributed by atoms with E-state index in [1.54, 1.807) is 20.2 Å². The predicted molar refractivity (Wildman–Crippen MR) is 135 cm³/mol. The van der Waals surface area contributed by atoms with Gasteiger partial charge >= 0.3 is 5.97 Å². The molecule has 0 unspecified atom stereocenters. The number of fused-ring (bicyclic) bond motifs is 1. The van der Waals surface area contributed by atoms with Gasteiger partial charge in [-0.1, -0.05) is 48.0 Å². The molecule has 5 aromatic rings. The van der Waals surface area contributed by atoms with E-state index in [-0.39, 0.29) is 12.6 Å². The number of esters is 1. The van der Waals surface area contributed by atoms with Gasteiger partial charge in [-0.3, -0.25) is 4.68 Å². The van der Waals surface area contributed by atoms with Gasteiger partial charge < -0.3 is 9.47 Å². The molecule has 0 radical (unpaired) electrons. The van der Waals surface area contributed by atoms with Crippen LogP contribution in [0.1, 0.15) is 34.0 Å². The van der Waals surface area contributed by atoms with Gasteiger partial charge in [0.25, 0.3) is 5.95 Å². The molecule has 0 aliphatic carbocycles. The molecule has 9 nitrogen and oxygen atoms in total. The molecule has 36 heavy (non-hydrogen) atoms. The minimum atomic E-state index is -0.451. The van der Waals surface area contributed by atoms with Crippen molar-refractivity contribution in [2.75, 3.05) is 13.7 Å². The summed E-state index contributed by atoms with van der Waals surface area (Å²) >= 11 is 0. The highest BCUT2D eigenvalue weighted by molar-refractivity contribution is 5.88. The van der Waals surface area contributed by atoms with E-state index < -0.39 is 5.97 Å². The average molecular weight is 483 g/mol. The van der Waals surface area contributed by atoms with Crippen molar-refractivity contribution >= 4 is 17.0 Å². The number of methoxy groups -OCH3 is 1. The van der Waals surface area contributed by atoms with Crippen molar-refractivity contribution in [1.82, 2.24) is 29.5 Å². The molecule has 0 saturated heterocycles. The zero-order chi connectivity index (χ0) is 25.2. The number of nitrogens with zero attached hydrogens (tertiary/aromatic N) is 6. The number of carbonyl (C=O) groups is 1. The number of hydrogen-bond donors (Lipinski definition) is 0. The molecule has 0 atom stereocenters. The van der Waals surface area contributed by atoms with Gasteiger partial charge in [0.2, 0.25) is 5.88 Å². The van der Waals surface area contributed by atoms with Crippen LogP contribution in [0.4, 0.5) is 0 Å². The van der Waals surface area contributed by atoms with Crippen LogP contribution in [0.25, 0.3) is 28.1 Å². The molecule has 0 N–H and O–H groups in total. The van der Waals surface area contributed by atoms with E-state index in [0.717, 1.165) is 5.56 Å². The summed E-state index contributed by atoms with van der Waals surface area (Å²) < 4.78 is 13.8. The average Bonchev–Trinajstić information content (AvgIpc) is 3.52. The van der Waals surface area contributed by atoms with Crippen LogP contribution < -0.4 is 4.74 Å². The molecular weight excluding hydrogens is 456 g/mol. The highest BCUT2D eigenvalue weighted by atomic mass is 16.5. The van der Waals surface area contributed by atoms with E-state index in [9.17, 15) is 4.79 Å². The second kappa shape index (κ2) is 9.61. The quantitative estimate of drug-likeness (QED) is 0.314. The first-order valence-electron chi connectivity index (χ1n) is 11.6. The van der Waals surface area contributed by atoms with Crippen molar-refractivity contribution in [1.29, 1.82) is 0 Å². The van der Waals surface area contributed by atoms with Gasteiger partial charge in [0.1, 0.15) is 11.0 Å². The van der Waals surface area contributed by atoms with Crippen molar-refractivity contribution in [2.24, 2.45) is 0 Å². The van der Waals surface area contributed by atoms with Crippen molar-refractivity contribution < 1.29 is 14.3 Å². The molecule has 9 heteroatoms. The van der Waals surface area contributed by atoms with Crippen LogP contribution >= 0.6 is 0 Å². The normalized spacial score (nSPS) is 11.1. The minimum absolute atomic E-state index is 0.271. The van der Waals surface area contributed by atoms with Crippen LogP contribution in [0.3, 0.4) is 0 Å². The Morgan fingerprint density at radius 2 is 1.81 bits per heavy atom. The lowest BCUT2D eigenvalue weighted by molar-refractivity contribution is 0.0526. The third-order valence-corrected chi connectivity index (χ3v) is 5.92. The topological polar surface area (TPSA) is 97.0 Å². The summed E-state index contributed by atoms with van der Waals surface area (Å²) in [6.45, 7) is 6.80. The molecule has 0 spiro atoms. The second-order valence-electron chi connectivity index (χ2n) is 8.48. The zero-order valence-electron chi connectivity index (χ0n) is 20.6.